The molecule has 0 bridgehead atoms. The number of hydrogen-bond donors (Lipinski definition) is 1. The molecule has 6 rings (SSSR count). The molecule has 41 heavy (non-hydrogen) atoms. The van der Waals surface area contributed by atoms with E-state index >= 15 is 0 Å². The molecule has 2 fully saturated rings. The lowest BCUT2D eigenvalue weighted by Crippen LogP contribution is -2.46. The summed E-state index contributed by atoms with van der Waals surface area (Å²) in [6.07, 6.45) is 4.82. The minimum absolute atomic E-state index is 0.0279. The van der Waals surface area contributed by atoms with Crippen LogP contribution in [-0.4, -0.2) is 79.8 Å². The molecule has 11 heteroatoms. The summed E-state index contributed by atoms with van der Waals surface area (Å²) in [6, 6.07) is 16.4. The Balaban J connectivity index is 1.06. The van der Waals surface area contributed by atoms with E-state index in [9.17, 15) is 4.79 Å². The third-order valence-electron chi connectivity index (χ3n) is 7.83. The summed E-state index contributed by atoms with van der Waals surface area (Å²) in [4.78, 5) is 38.0. The monoisotopic (exact) mass is 552 g/mol. The van der Waals surface area contributed by atoms with Gasteiger partial charge in [0.05, 0.1) is 11.6 Å². The second kappa shape index (κ2) is 12.0. The van der Waals surface area contributed by atoms with Crippen LogP contribution in [0.5, 0.6) is 0 Å². The molecule has 0 aliphatic carbocycles. The van der Waals surface area contributed by atoms with Crippen molar-refractivity contribution in [1.29, 1.82) is 0 Å². The maximum absolute atomic E-state index is 13.3. The molecule has 2 aliphatic rings. The quantitative estimate of drug-likeness (QED) is 0.370. The molecule has 5 heterocycles. The predicted molar refractivity (Wildman–Crippen MR) is 158 cm³/mol. The van der Waals surface area contributed by atoms with Crippen LogP contribution in [0.4, 0.5) is 17.5 Å². The maximum atomic E-state index is 13.3. The number of piperidine rings is 1. The zero-order valence-electron chi connectivity index (χ0n) is 23.6. The number of piperazine rings is 1. The highest BCUT2D eigenvalue weighted by Crippen LogP contribution is 2.25. The number of benzene rings is 1. The fraction of sp³-hybridized carbons (Fsp3) is 0.400. The fourth-order valence-electron chi connectivity index (χ4n) is 5.68. The van der Waals surface area contributed by atoms with Crippen LogP contribution in [0.3, 0.4) is 0 Å². The first-order valence-corrected chi connectivity index (χ1v) is 14.3. The summed E-state index contributed by atoms with van der Waals surface area (Å²) in [5, 5.41) is 7.60. The predicted octanol–water partition coefficient (Wildman–Crippen LogP) is 3.25. The Morgan fingerprint density at radius 3 is 2.34 bits per heavy atom. The molecule has 3 aromatic heterocycles. The Morgan fingerprint density at radius 1 is 0.854 bits per heavy atom. The summed E-state index contributed by atoms with van der Waals surface area (Å²) in [7, 11) is 0. The lowest BCUT2D eigenvalue weighted by atomic mass is 9.97. The van der Waals surface area contributed by atoms with Crippen LogP contribution in [0.25, 0.3) is 5.82 Å². The van der Waals surface area contributed by atoms with Crippen LogP contribution in [0.2, 0.25) is 0 Å². The molecule has 1 unspecified atom stereocenters. The summed E-state index contributed by atoms with van der Waals surface area (Å²) in [5.41, 5.74) is 3.29. The number of anilines is 3. The highest BCUT2D eigenvalue weighted by Gasteiger charge is 2.28. The van der Waals surface area contributed by atoms with Crippen molar-refractivity contribution in [2.24, 2.45) is 5.92 Å². The number of hydrogen-bond acceptors (Lipinski definition) is 9. The molecule has 11 nitrogen and oxygen atoms in total. The molecule has 2 saturated heterocycles. The first-order chi connectivity index (χ1) is 20.0. The molecular formula is C30H36N10O. The highest BCUT2D eigenvalue weighted by molar-refractivity contribution is 5.92. The molecule has 1 N–H and O–H groups in total. The minimum Gasteiger partial charge on any atom is -0.356 e. The van der Waals surface area contributed by atoms with Gasteiger partial charge in [-0.25, -0.2) is 24.6 Å². The van der Waals surface area contributed by atoms with Crippen LogP contribution in [0.1, 0.15) is 29.8 Å². The standard InChI is InChI=1S/C30H36N10O/c1-22-15-23(2)40(36-22)29-17-28(33-21-34-29)39-10-6-9-25(19-39)30(41)35-26-16-27(32-20-31-26)38-13-11-37(12-14-38)18-24-7-4-3-5-8-24/h3-5,7-8,15-17,20-21,25H,6,9-14,18-19H2,1-2H3,(H,31,32,35,41). The number of nitrogens with one attached hydrogen (secondary N) is 1. The number of rotatable bonds is 7. The molecular weight excluding hydrogens is 516 g/mol. The van der Waals surface area contributed by atoms with Gasteiger partial charge in [0.25, 0.3) is 0 Å². The van der Waals surface area contributed by atoms with Gasteiger partial charge in [0.1, 0.15) is 30.1 Å². The van der Waals surface area contributed by atoms with Crippen LogP contribution in [-0.2, 0) is 11.3 Å². The third-order valence-corrected chi connectivity index (χ3v) is 7.83. The van der Waals surface area contributed by atoms with Gasteiger partial charge in [-0.1, -0.05) is 30.3 Å². The highest BCUT2D eigenvalue weighted by atomic mass is 16.2. The van der Waals surface area contributed by atoms with Crippen LogP contribution >= 0.6 is 0 Å². The molecule has 4 aromatic rings. The molecule has 1 aromatic carbocycles. The Labute approximate surface area is 240 Å². The minimum atomic E-state index is -0.171. The molecule has 212 valence electrons. The summed E-state index contributed by atoms with van der Waals surface area (Å²) in [5.74, 6) is 2.71. The van der Waals surface area contributed by atoms with Crippen molar-refractivity contribution >= 4 is 23.4 Å². The van der Waals surface area contributed by atoms with Gasteiger partial charge < -0.3 is 15.1 Å². The van der Waals surface area contributed by atoms with E-state index in [1.807, 2.05) is 36.7 Å². The van der Waals surface area contributed by atoms with Crippen molar-refractivity contribution in [2.45, 2.75) is 33.2 Å². The van der Waals surface area contributed by atoms with Gasteiger partial charge >= 0.3 is 0 Å². The molecule has 1 atom stereocenters. The summed E-state index contributed by atoms with van der Waals surface area (Å²) in [6.45, 7) is 10.0. The van der Waals surface area contributed by atoms with E-state index in [2.05, 4.69) is 75.4 Å². The van der Waals surface area contributed by atoms with Gasteiger partial charge in [-0.2, -0.15) is 5.10 Å². The smallest absolute Gasteiger partial charge is 0.230 e. The first kappa shape index (κ1) is 26.8. The van der Waals surface area contributed by atoms with Crippen molar-refractivity contribution in [2.75, 3.05) is 54.4 Å². The van der Waals surface area contributed by atoms with Crippen molar-refractivity contribution in [3.05, 3.63) is 78.1 Å². The van der Waals surface area contributed by atoms with Crippen molar-refractivity contribution in [1.82, 2.24) is 34.6 Å². The summed E-state index contributed by atoms with van der Waals surface area (Å²) >= 11 is 0. The number of carbonyl (C=O) groups excluding carboxylic acids is 1. The second-order valence-electron chi connectivity index (χ2n) is 10.9. The third kappa shape index (κ3) is 6.35. The molecule has 1 amide bonds. The number of amides is 1. The average Bonchev–Trinajstić information content (AvgIpc) is 3.36. The Hall–Kier alpha value is -4.38. The van der Waals surface area contributed by atoms with Gasteiger partial charge in [0, 0.05) is 63.6 Å². The molecule has 0 radical (unpaired) electrons. The Kier molecular flexibility index (Phi) is 7.86. The number of nitrogens with zero attached hydrogens (tertiary/aromatic N) is 9. The Bertz CT molecular complexity index is 1480. The molecule has 0 spiro atoms. The van der Waals surface area contributed by atoms with Gasteiger partial charge in [-0.15, -0.1) is 0 Å². The van der Waals surface area contributed by atoms with Gasteiger partial charge in [0.15, 0.2) is 5.82 Å². The zero-order chi connectivity index (χ0) is 28.2. The lowest BCUT2D eigenvalue weighted by Gasteiger charge is -2.35. The lowest BCUT2D eigenvalue weighted by molar-refractivity contribution is -0.120. The maximum Gasteiger partial charge on any atom is 0.230 e. The molecule has 0 saturated carbocycles. The van der Waals surface area contributed by atoms with Crippen molar-refractivity contribution in [3.63, 3.8) is 0 Å². The molecule has 2 aliphatic heterocycles. The number of carbonyl (C=O) groups is 1. The van der Waals surface area contributed by atoms with E-state index in [4.69, 9.17) is 0 Å². The largest absolute Gasteiger partial charge is 0.356 e. The van der Waals surface area contributed by atoms with Crippen molar-refractivity contribution < 1.29 is 4.79 Å². The van der Waals surface area contributed by atoms with Crippen LogP contribution in [0, 0.1) is 19.8 Å². The SMILES string of the molecule is Cc1cc(C)n(-c2cc(N3CCCC(C(=O)Nc4cc(N5CCN(Cc6ccccc6)CC5)ncn4)C3)ncn2)n1. The van der Waals surface area contributed by atoms with E-state index < -0.39 is 0 Å². The average molecular weight is 553 g/mol. The van der Waals surface area contributed by atoms with E-state index in [1.54, 1.807) is 6.33 Å². The second-order valence-corrected chi connectivity index (χ2v) is 10.9. The Morgan fingerprint density at radius 2 is 1.59 bits per heavy atom. The fourth-order valence-corrected chi connectivity index (χ4v) is 5.68. The number of aryl methyl sites for hydroxylation is 2. The normalized spacial score (nSPS) is 18.0. The topological polar surface area (TPSA) is 108 Å². The van der Waals surface area contributed by atoms with E-state index in [-0.39, 0.29) is 11.8 Å². The summed E-state index contributed by atoms with van der Waals surface area (Å²) < 4.78 is 1.82. The first-order valence-electron chi connectivity index (χ1n) is 14.3. The van der Waals surface area contributed by atoms with E-state index in [0.29, 0.717) is 12.4 Å². The zero-order valence-corrected chi connectivity index (χ0v) is 23.6. The number of aromatic nitrogens is 6. The van der Waals surface area contributed by atoms with E-state index in [0.717, 1.165) is 81.0 Å². The van der Waals surface area contributed by atoms with Gasteiger partial charge in [0.2, 0.25) is 5.91 Å². The van der Waals surface area contributed by atoms with Crippen molar-refractivity contribution in [3.8, 4) is 5.82 Å². The van der Waals surface area contributed by atoms with E-state index in [1.165, 1.54) is 11.9 Å². The van der Waals surface area contributed by atoms with Crippen LogP contribution in [0.15, 0.2) is 61.2 Å². The van der Waals surface area contributed by atoms with Gasteiger partial charge in [-0.3, -0.25) is 9.69 Å². The van der Waals surface area contributed by atoms with Gasteiger partial charge in [-0.05, 0) is 38.3 Å². The van der Waals surface area contributed by atoms with Crippen LogP contribution < -0.4 is 15.1 Å².